The predicted molar refractivity (Wildman–Crippen MR) is 60.4 cm³/mol. The van der Waals surface area contributed by atoms with Crippen molar-refractivity contribution in [3.05, 3.63) is 29.3 Å². The summed E-state index contributed by atoms with van der Waals surface area (Å²) in [4.78, 5) is 22.3. The highest BCUT2D eigenvalue weighted by Gasteiger charge is 2.14. The minimum Gasteiger partial charge on any atom is -0.454 e. The van der Waals surface area contributed by atoms with Gasteiger partial charge in [-0.25, -0.2) is 0 Å². The van der Waals surface area contributed by atoms with Crippen molar-refractivity contribution in [1.29, 1.82) is 0 Å². The zero-order chi connectivity index (χ0) is 12.4. The highest BCUT2D eigenvalue weighted by molar-refractivity contribution is 6.21. The van der Waals surface area contributed by atoms with Gasteiger partial charge in [0.2, 0.25) is 6.79 Å². The number of rotatable bonds is 3. The summed E-state index contributed by atoms with van der Waals surface area (Å²) < 4.78 is 10.3. The Morgan fingerprint density at radius 2 is 2.00 bits per heavy atom. The lowest BCUT2D eigenvalue weighted by Crippen LogP contribution is -2.18. The molecule has 1 aliphatic heterocycles. The van der Waals surface area contributed by atoms with Crippen molar-refractivity contribution in [3.8, 4) is 11.5 Å². The number of nitrogens with two attached hydrogens (primary N) is 1. The van der Waals surface area contributed by atoms with Gasteiger partial charge >= 0.3 is 0 Å². The van der Waals surface area contributed by atoms with E-state index in [0.29, 0.717) is 17.1 Å². The summed E-state index contributed by atoms with van der Waals surface area (Å²) >= 11 is 0. The Kier molecular flexibility index (Phi) is 2.82. The van der Waals surface area contributed by atoms with Gasteiger partial charge in [-0.2, -0.15) is 0 Å². The van der Waals surface area contributed by atoms with E-state index in [2.05, 4.69) is 0 Å². The van der Waals surface area contributed by atoms with Crippen LogP contribution in [-0.4, -0.2) is 18.5 Å². The fraction of sp³-hybridized carbons (Fsp3) is 0.167. The lowest BCUT2D eigenvalue weighted by atomic mass is 10.1. The molecule has 0 saturated heterocycles. The molecule has 5 nitrogen and oxygen atoms in total. The Morgan fingerprint density at radius 1 is 1.29 bits per heavy atom. The molecule has 1 heterocycles. The molecule has 0 spiro atoms. The Bertz CT molecular complexity index is 503. The van der Waals surface area contributed by atoms with Gasteiger partial charge in [-0.15, -0.1) is 0 Å². The molecule has 0 radical (unpaired) electrons. The van der Waals surface area contributed by atoms with Crippen LogP contribution in [0.2, 0.25) is 0 Å². The molecule has 0 bridgehead atoms. The van der Waals surface area contributed by atoms with Crippen LogP contribution in [0.5, 0.6) is 11.5 Å². The van der Waals surface area contributed by atoms with Gasteiger partial charge in [0.1, 0.15) is 0 Å². The molecule has 1 aromatic rings. The van der Waals surface area contributed by atoms with Crippen LogP contribution in [0, 0.1) is 0 Å². The number of carbonyl (C=O) groups is 2. The SMILES string of the molecule is CC(=O)/C(=C/c1ccc2c(c1)OCO2)C(N)=O. The second-order valence-corrected chi connectivity index (χ2v) is 3.59. The monoisotopic (exact) mass is 233 g/mol. The summed E-state index contributed by atoms with van der Waals surface area (Å²) in [6.45, 7) is 1.47. The molecule has 17 heavy (non-hydrogen) atoms. The summed E-state index contributed by atoms with van der Waals surface area (Å²) in [5.74, 6) is 0.127. The van der Waals surface area contributed by atoms with Gasteiger partial charge in [0.05, 0.1) is 5.57 Å². The van der Waals surface area contributed by atoms with E-state index in [1.807, 2.05) is 0 Å². The number of fused-ring (bicyclic) bond motifs is 1. The number of carbonyl (C=O) groups excluding carboxylic acids is 2. The Morgan fingerprint density at radius 3 is 2.65 bits per heavy atom. The minimum atomic E-state index is -0.741. The molecule has 2 N–H and O–H groups in total. The lowest BCUT2D eigenvalue weighted by Gasteiger charge is -2.00. The van der Waals surface area contributed by atoms with Crippen molar-refractivity contribution < 1.29 is 19.1 Å². The zero-order valence-corrected chi connectivity index (χ0v) is 9.23. The number of benzene rings is 1. The second-order valence-electron chi connectivity index (χ2n) is 3.59. The molecule has 5 heteroatoms. The third-order valence-corrected chi connectivity index (χ3v) is 2.35. The quantitative estimate of drug-likeness (QED) is 0.477. The number of hydrogen-bond donors (Lipinski definition) is 1. The van der Waals surface area contributed by atoms with Gasteiger partial charge < -0.3 is 15.2 Å². The number of ketones is 1. The maximum atomic E-state index is 11.2. The standard InChI is InChI=1S/C12H11NO4/c1-7(14)9(12(13)15)4-8-2-3-10-11(5-8)17-6-16-10/h2-5H,6H2,1H3,(H2,13,15)/b9-4-. The van der Waals surface area contributed by atoms with Crippen molar-refractivity contribution in [1.82, 2.24) is 0 Å². The van der Waals surface area contributed by atoms with E-state index >= 15 is 0 Å². The molecule has 1 amide bonds. The third kappa shape index (κ3) is 2.28. The van der Waals surface area contributed by atoms with Gasteiger partial charge in [0, 0.05) is 0 Å². The Balaban J connectivity index is 2.37. The molecule has 0 aromatic heterocycles. The van der Waals surface area contributed by atoms with Crippen LogP contribution in [0.3, 0.4) is 0 Å². The van der Waals surface area contributed by atoms with Gasteiger partial charge in [-0.05, 0) is 30.7 Å². The lowest BCUT2D eigenvalue weighted by molar-refractivity contribution is -0.119. The maximum Gasteiger partial charge on any atom is 0.252 e. The first-order valence-electron chi connectivity index (χ1n) is 5.00. The fourth-order valence-electron chi connectivity index (χ4n) is 1.52. The first-order chi connectivity index (χ1) is 8.08. The van der Waals surface area contributed by atoms with E-state index in [1.165, 1.54) is 13.0 Å². The average Bonchev–Trinajstić information content (AvgIpc) is 2.71. The predicted octanol–water partition coefficient (Wildman–Crippen LogP) is 0.873. The smallest absolute Gasteiger partial charge is 0.252 e. The number of Topliss-reactive ketones (excluding diaryl/α,β-unsaturated/α-hetero) is 1. The van der Waals surface area contributed by atoms with E-state index < -0.39 is 5.91 Å². The number of ether oxygens (including phenoxy) is 2. The number of amides is 1. The molecule has 1 aliphatic rings. The Labute approximate surface area is 97.8 Å². The average molecular weight is 233 g/mol. The highest BCUT2D eigenvalue weighted by atomic mass is 16.7. The van der Waals surface area contributed by atoms with Crippen LogP contribution in [0.25, 0.3) is 6.08 Å². The summed E-state index contributed by atoms with van der Waals surface area (Å²) in [7, 11) is 0. The van der Waals surface area contributed by atoms with Crippen LogP contribution in [-0.2, 0) is 9.59 Å². The molecule has 1 aromatic carbocycles. The normalized spacial score (nSPS) is 13.6. The molecule has 2 rings (SSSR count). The van der Waals surface area contributed by atoms with E-state index in [4.69, 9.17) is 15.2 Å². The first kappa shape index (κ1) is 11.2. The molecule has 88 valence electrons. The molecular weight excluding hydrogens is 222 g/mol. The number of primary amides is 1. The van der Waals surface area contributed by atoms with Crippen LogP contribution in [0.4, 0.5) is 0 Å². The zero-order valence-electron chi connectivity index (χ0n) is 9.23. The van der Waals surface area contributed by atoms with Gasteiger partial charge in [-0.1, -0.05) is 6.07 Å². The van der Waals surface area contributed by atoms with Crippen LogP contribution in [0.15, 0.2) is 23.8 Å². The maximum absolute atomic E-state index is 11.2. The topological polar surface area (TPSA) is 78.6 Å². The fourth-order valence-corrected chi connectivity index (χ4v) is 1.52. The first-order valence-corrected chi connectivity index (χ1v) is 5.00. The van der Waals surface area contributed by atoms with Crippen molar-refractivity contribution in [2.24, 2.45) is 5.73 Å². The van der Waals surface area contributed by atoms with Gasteiger partial charge in [0.25, 0.3) is 5.91 Å². The minimum absolute atomic E-state index is 0.0381. The van der Waals surface area contributed by atoms with Crippen molar-refractivity contribution in [2.75, 3.05) is 6.79 Å². The van der Waals surface area contributed by atoms with E-state index in [-0.39, 0.29) is 18.1 Å². The van der Waals surface area contributed by atoms with Gasteiger partial charge in [-0.3, -0.25) is 9.59 Å². The largest absolute Gasteiger partial charge is 0.454 e. The second kappa shape index (κ2) is 4.29. The highest BCUT2D eigenvalue weighted by Crippen LogP contribution is 2.33. The molecule has 0 unspecified atom stereocenters. The third-order valence-electron chi connectivity index (χ3n) is 2.35. The molecule has 0 saturated carbocycles. The summed E-state index contributed by atoms with van der Waals surface area (Å²) in [5, 5.41) is 0. The van der Waals surface area contributed by atoms with Crippen LogP contribution >= 0.6 is 0 Å². The summed E-state index contributed by atoms with van der Waals surface area (Å²) in [6.07, 6.45) is 1.44. The van der Waals surface area contributed by atoms with Crippen LogP contribution in [0.1, 0.15) is 12.5 Å². The molecular formula is C12H11NO4. The van der Waals surface area contributed by atoms with E-state index in [1.54, 1.807) is 18.2 Å². The number of hydrogen-bond acceptors (Lipinski definition) is 4. The van der Waals surface area contributed by atoms with E-state index in [0.717, 1.165) is 0 Å². The van der Waals surface area contributed by atoms with Crippen molar-refractivity contribution in [3.63, 3.8) is 0 Å². The Hall–Kier alpha value is -2.30. The van der Waals surface area contributed by atoms with Crippen LogP contribution < -0.4 is 15.2 Å². The van der Waals surface area contributed by atoms with E-state index in [9.17, 15) is 9.59 Å². The summed E-state index contributed by atoms with van der Waals surface area (Å²) in [6, 6.07) is 5.13. The van der Waals surface area contributed by atoms with Gasteiger partial charge in [0.15, 0.2) is 17.3 Å². The van der Waals surface area contributed by atoms with Crippen molar-refractivity contribution >= 4 is 17.8 Å². The summed E-state index contributed by atoms with van der Waals surface area (Å²) in [5.41, 5.74) is 5.74. The molecule has 0 atom stereocenters. The molecule has 0 aliphatic carbocycles. The molecule has 0 fully saturated rings. The van der Waals surface area contributed by atoms with Crippen molar-refractivity contribution in [2.45, 2.75) is 6.92 Å².